The SMILES string of the molecule is COCCNCC(=O)N1CCc2ccc(O)cc2C1. The summed E-state index contributed by atoms with van der Waals surface area (Å²) in [5.41, 5.74) is 2.26. The summed E-state index contributed by atoms with van der Waals surface area (Å²) in [5, 5.41) is 12.5. The molecule has 104 valence electrons. The molecule has 0 saturated heterocycles. The minimum atomic E-state index is 0.0881. The van der Waals surface area contributed by atoms with Crippen LogP contribution in [0.4, 0.5) is 0 Å². The molecule has 0 bridgehead atoms. The highest BCUT2D eigenvalue weighted by Gasteiger charge is 2.20. The predicted octanol–water partition coefficient (Wildman–Crippen LogP) is 0.513. The minimum Gasteiger partial charge on any atom is -0.508 e. The number of ether oxygens (including phenoxy) is 1. The Labute approximate surface area is 113 Å². The van der Waals surface area contributed by atoms with E-state index >= 15 is 0 Å². The highest BCUT2D eigenvalue weighted by molar-refractivity contribution is 5.78. The molecule has 0 spiro atoms. The third-order valence-corrected chi connectivity index (χ3v) is 3.31. The number of rotatable bonds is 5. The third-order valence-electron chi connectivity index (χ3n) is 3.31. The zero-order chi connectivity index (χ0) is 13.7. The highest BCUT2D eigenvalue weighted by Crippen LogP contribution is 2.22. The molecular formula is C14H20N2O3. The molecule has 2 rings (SSSR count). The Bertz CT molecular complexity index is 448. The molecule has 0 aromatic heterocycles. The van der Waals surface area contributed by atoms with Crippen LogP contribution in [0, 0.1) is 0 Å². The number of amides is 1. The molecule has 5 heteroatoms. The van der Waals surface area contributed by atoms with E-state index in [1.807, 2.05) is 11.0 Å². The van der Waals surface area contributed by atoms with Crippen molar-refractivity contribution in [3.63, 3.8) is 0 Å². The highest BCUT2D eigenvalue weighted by atomic mass is 16.5. The smallest absolute Gasteiger partial charge is 0.236 e. The molecule has 0 fully saturated rings. The maximum atomic E-state index is 12.0. The molecule has 1 amide bonds. The second-order valence-corrected chi connectivity index (χ2v) is 4.69. The van der Waals surface area contributed by atoms with E-state index < -0.39 is 0 Å². The van der Waals surface area contributed by atoms with Crippen molar-refractivity contribution in [2.75, 3.05) is 33.4 Å². The van der Waals surface area contributed by atoms with Gasteiger partial charge in [0.05, 0.1) is 13.2 Å². The summed E-state index contributed by atoms with van der Waals surface area (Å²) in [6, 6.07) is 5.37. The van der Waals surface area contributed by atoms with Gasteiger partial charge in [0, 0.05) is 26.7 Å². The van der Waals surface area contributed by atoms with Gasteiger partial charge in [-0.05, 0) is 29.7 Å². The Morgan fingerprint density at radius 1 is 1.47 bits per heavy atom. The first kappa shape index (κ1) is 13.8. The van der Waals surface area contributed by atoms with Crippen LogP contribution < -0.4 is 5.32 Å². The molecular weight excluding hydrogens is 244 g/mol. The lowest BCUT2D eigenvalue weighted by molar-refractivity contribution is -0.131. The third kappa shape index (κ3) is 3.68. The number of carbonyl (C=O) groups excluding carboxylic acids is 1. The van der Waals surface area contributed by atoms with Crippen LogP contribution in [0.1, 0.15) is 11.1 Å². The van der Waals surface area contributed by atoms with Crippen molar-refractivity contribution in [3.05, 3.63) is 29.3 Å². The summed E-state index contributed by atoms with van der Waals surface area (Å²) in [7, 11) is 1.64. The van der Waals surface area contributed by atoms with Crippen LogP contribution in [-0.4, -0.2) is 49.3 Å². The Kier molecular flexibility index (Phi) is 4.76. The second-order valence-electron chi connectivity index (χ2n) is 4.69. The van der Waals surface area contributed by atoms with E-state index in [0.717, 1.165) is 18.5 Å². The topological polar surface area (TPSA) is 61.8 Å². The van der Waals surface area contributed by atoms with Gasteiger partial charge in [0.2, 0.25) is 5.91 Å². The molecule has 19 heavy (non-hydrogen) atoms. The van der Waals surface area contributed by atoms with Crippen LogP contribution in [-0.2, 0) is 22.5 Å². The lowest BCUT2D eigenvalue weighted by Gasteiger charge is -2.29. The standard InChI is InChI=1S/C14H20N2O3/c1-19-7-5-15-9-14(18)16-6-4-11-2-3-13(17)8-12(11)10-16/h2-3,8,15,17H,4-7,9-10H2,1H3. The van der Waals surface area contributed by atoms with E-state index in [9.17, 15) is 9.90 Å². The molecule has 0 unspecified atom stereocenters. The number of aromatic hydroxyl groups is 1. The van der Waals surface area contributed by atoms with Gasteiger partial charge in [0.1, 0.15) is 5.75 Å². The summed E-state index contributed by atoms with van der Waals surface area (Å²) in [6.07, 6.45) is 0.847. The summed E-state index contributed by atoms with van der Waals surface area (Å²) in [4.78, 5) is 13.8. The fourth-order valence-electron chi connectivity index (χ4n) is 2.24. The molecule has 5 nitrogen and oxygen atoms in total. The van der Waals surface area contributed by atoms with Gasteiger partial charge in [-0.2, -0.15) is 0 Å². The van der Waals surface area contributed by atoms with Gasteiger partial charge in [0.15, 0.2) is 0 Å². The first-order valence-electron chi connectivity index (χ1n) is 6.49. The molecule has 1 aromatic carbocycles. The number of nitrogens with one attached hydrogen (secondary N) is 1. The molecule has 0 radical (unpaired) electrons. The summed E-state index contributed by atoms with van der Waals surface area (Å²) < 4.78 is 4.91. The quantitative estimate of drug-likeness (QED) is 0.761. The molecule has 0 atom stereocenters. The van der Waals surface area contributed by atoms with Crippen molar-refractivity contribution in [1.82, 2.24) is 10.2 Å². The Hall–Kier alpha value is -1.59. The zero-order valence-electron chi connectivity index (χ0n) is 11.2. The molecule has 1 heterocycles. The van der Waals surface area contributed by atoms with Crippen molar-refractivity contribution in [2.24, 2.45) is 0 Å². The van der Waals surface area contributed by atoms with Crippen LogP contribution >= 0.6 is 0 Å². The number of hydrogen-bond donors (Lipinski definition) is 2. The first-order valence-corrected chi connectivity index (χ1v) is 6.49. The van der Waals surface area contributed by atoms with Crippen molar-refractivity contribution in [2.45, 2.75) is 13.0 Å². The largest absolute Gasteiger partial charge is 0.508 e. The Morgan fingerprint density at radius 2 is 2.32 bits per heavy atom. The average molecular weight is 264 g/mol. The number of fused-ring (bicyclic) bond motifs is 1. The summed E-state index contributed by atoms with van der Waals surface area (Å²) in [5.74, 6) is 0.344. The van der Waals surface area contributed by atoms with E-state index in [0.29, 0.717) is 26.2 Å². The number of benzene rings is 1. The van der Waals surface area contributed by atoms with Gasteiger partial charge in [0.25, 0.3) is 0 Å². The first-order chi connectivity index (χ1) is 9.20. The van der Waals surface area contributed by atoms with E-state index in [-0.39, 0.29) is 11.7 Å². The van der Waals surface area contributed by atoms with Crippen LogP contribution in [0.5, 0.6) is 5.75 Å². The molecule has 0 aliphatic carbocycles. The van der Waals surface area contributed by atoms with Crippen molar-refractivity contribution in [1.29, 1.82) is 0 Å². The number of phenols is 1. The Morgan fingerprint density at radius 3 is 3.11 bits per heavy atom. The maximum Gasteiger partial charge on any atom is 0.236 e. The van der Waals surface area contributed by atoms with Gasteiger partial charge in [-0.1, -0.05) is 6.07 Å². The lowest BCUT2D eigenvalue weighted by Crippen LogP contribution is -2.41. The van der Waals surface area contributed by atoms with Gasteiger partial charge >= 0.3 is 0 Å². The molecule has 1 aromatic rings. The van der Waals surface area contributed by atoms with Crippen LogP contribution in [0.3, 0.4) is 0 Å². The van der Waals surface area contributed by atoms with Crippen molar-refractivity contribution >= 4 is 5.91 Å². The number of carbonyl (C=O) groups is 1. The van der Waals surface area contributed by atoms with Crippen LogP contribution in [0.25, 0.3) is 0 Å². The summed E-state index contributed by atoms with van der Waals surface area (Å²) in [6.45, 7) is 2.92. The summed E-state index contributed by atoms with van der Waals surface area (Å²) >= 11 is 0. The Balaban J connectivity index is 1.88. The lowest BCUT2D eigenvalue weighted by atomic mass is 9.99. The molecule has 1 aliphatic rings. The maximum absolute atomic E-state index is 12.0. The molecule has 1 aliphatic heterocycles. The monoisotopic (exact) mass is 264 g/mol. The number of methoxy groups -OCH3 is 1. The number of nitrogens with zero attached hydrogens (tertiary/aromatic N) is 1. The number of hydrogen-bond acceptors (Lipinski definition) is 4. The zero-order valence-corrected chi connectivity index (χ0v) is 11.2. The van der Waals surface area contributed by atoms with Gasteiger partial charge in [-0.25, -0.2) is 0 Å². The second kappa shape index (κ2) is 6.54. The predicted molar refractivity (Wildman–Crippen MR) is 72.0 cm³/mol. The molecule has 0 saturated carbocycles. The fraction of sp³-hybridized carbons (Fsp3) is 0.500. The van der Waals surface area contributed by atoms with E-state index in [4.69, 9.17) is 4.74 Å². The van der Waals surface area contributed by atoms with E-state index in [1.54, 1.807) is 19.2 Å². The van der Waals surface area contributed by atoms with E-state index in [1.165, 1.54) is 5.56 Å². The molecule has 2 N–H and O–H groups in total. The van der Waals surface area contributed by atoms with Gasteiger partial charge in [-0.3, -0.25) is 4.79 Å². The van der Waals surface area contributed by atoms with Gasteiger partial charge in [-0.15, -0.1) is 0 Å². The fourth-order valence-corrected chi connectivity index (χ4v) is 2.24. The van der Waals surface area contributed by atoms with Gasteiger partial charge < -0.3 is 20.1 Å². The number of phenolic OH excluding ortho intramolecular Hbond substituents is 1. The van der Waals surface area contributed by atoms with Crippen LogP contribution in [0.2, 0.25) is 0 Å². The van der Waals surface area contributed by atoms with Crippen LogP contribution in [0.15, 0.2) is 18.2 Å². The normalized spacial score (nSPS) is 14.3. The minimum absolute atomic E-state index is 0.0881. The average Bonchev–Trinajstić information content (AvgIpc) is 2.42. The van der Waals surface area contributed by atoms with E-state index in [2.05, 4.69) is 5.32 Å². The van der Waals surface area contributed by atoms with Crippen molar-refractivity contribution < 1.29 is 14.6 Å². The van der Waals surface area contributed by atoms with Crippen molar-refractivity contribution in [3.8, 4) is 5.75 Å².